The van der Waals surface area contributed by atoms with Crippen LogP contribution >= 0.6 is 0 Å². The van der Waals surface area contributed by atoms with Gasteiger partial charge in [-0.2, -0.15) is 0 Å². The molecule has 5 heteroatoms. The zero-order valence-electron chi connectivity index (χ0n) is 12.8. The number of phenols is 2. The number of aliphatic hydroxyl groups is 1. The molecular formula is C19H14O5. The first-order valence-corrected chi connectivity index (χ1v) is 7.57. The SMILES string of the molecule is CC1=Cc2c(O)c3c(c(O)c2C[C@H]1O)C(=O)c1ccccc1C3=O. The van der Waals surface area contributed by atoms with Gasteiger partial charge in [0.05, 0.1) is 17.2 Å². The van der Waals surface area contributed by atoms with Crippen molar-refractivity contribution in [2.24, 2.45) is 0 Å². The number of hydrogen-bond donors (Lipinski definition) is 3. The fraction of sp³-hybridized carbons (Fsp3) is 0.158. The number of phenolic OH excluding ortho intramolecular Hbond substituents is 2. The molecule has 0 heterocycles. The van der Waals surface area contributed by atoms with Crippen molar-refractivity contribution in [2.45, 2.75) is 19.4 Å². The predicted molar refractivity (Wildman–Crippen MR) is 86.4 cm³/mol. The van der Waals surface area contributed by atoms with Crippen LogP contribution in [0.5, 0.6) is 11.5 Å². The topological polar surface area (TPSA) is 94.8 Å². The van der Waals surface area contributed by atoms with Gasteiger partial charge in [-0.1, -0.05) is 24.3 Å². The molecule has 0 radical (unpaired) electrons. The highest BCUT2D eigenvalue weighted by Crippen LogP contribution is 2.45. The first kappa shape index (κ1) is 14.7. The maximum atomic E-state index is 12.8. The van der Waals surface area contributed by atoms with Gasteiger partial charge in [0.2, 0.25) is 0 Å². The van der Waals surface area contributed by atoms with Crippen LogP contribution in [-0.4, -0.2) is 33.0 Å². The molecule has 3 N–H and O–H groups in total. The molecule has 0 saturated heterocycles. The monoisotopic (exact) mass is 322 g/mol. The quantitative estimate of drug-likeness (QED) is 0.552. The smallest absolute Gasteiger partial charge is 0.198 e. The molecule has 2 aliphatic carbocycles. The molecule has 1 atom stereocenters. The Morgan fingerprint density at radius 2 is 1.50 bits per heavy atom. The summed E-state index contributed by atoms with van der Waals surface area (Å²) in [5, 5.41) is 31.2. The lowest BCUT2D eigenvalue weighted by atomic mass is 9.78. The number of ketones is 2. The van der Waals surface area contributed by atoms with Crippen molar-refractivity contribution in [3.63, 3.8) is 0 Å². The molecule has 4 rings (SSSR count). The Hall–Kier alpha value is -2.92. The molecule has 2 aromatic rings. The molecular weight excluding hydrogens is 308 g/mol. The Morgan fingerprint density at radius 3 is 2.08 bits per heavy atom. The van der Waals surface area contributed by atoms with Gasteiger partial charge in [-0.15, -0.1) is 0 Å². The van der Waals surface area contributed by atoms with Crippen LogP contribution in [0.2, 0.25) is 0 Å². The highest BCUT2D eigenvalue weighted by atomic mass is 16.3. The molecule has 0 aliphatic heterocycles. The first-order chi connectivity index (χ1) is 11.4. The van der Waals surface area contributed by atoms with Crippen molar-refractivity contribution >= 4 is 17.6 Å². The summed E-state index contributed by atoms with van der Waals surface area (Å²) in [5.74, 6) is -1.66. The summed E-state index contributed by atoms with van der Waals surface area (Å²) in [4.78, 5) is 25.5. The number of hydrogen-bond acceptors (Lipinski definition) is 5. The number of aliphatic hydroxyl groups excluding tert-OH is 1. The summed E-state index contributed by atoms with van der Waals surface area (Å²) in [5.41, 5.74) is 1.24. The predicted octanol–water partition coefficient (Wildman–Crippen LogP) is 2.19. The van der Waals surface area contributed by atoms with Crippen molar-refractivity contribution in [2.75, 3.05) is 0 Å². The minimum absolute atomic E-state index is 0.0768. The molecule has 120 valence electrons. The average Bonchev–Trinajstić information content (AvgIpc) is 2.57. The van der Waals surface area contributed by atoms with Crippen LogP contribution in [0.3, 0.4) is 0 Å². The van der Waals surface area contributed by atoms with Gasteiger partial charge in [-0.05, 0) is 18.6 Å². The van der Waals surface area contributed by atoms with E-state index in [1.807, 2.05) is 0 Å². The third kappa shape index (κ3) is 1.73. The standard InChI is InChI=1S/C19H14O5/c1-8-6-11-12(7-13(8)20)19(24)15-14(18(11)23)16(21)9-4-2-3-5-10(9)17(15)22/h2-6,13,20,23-24H,7H2,1H3/t13-/m1/s1. The van der Waals surface area contributed by atoms with E-state index in [2.05, 4.69) is 0 Å². The third-order valence-electron chi connectivity index (χ3n) is 4.76. The van der Waals surface area contributed by atoms with Gasteiger partial charge in [-0.25, -0.2) is 0 Å². The Morgan fingerprint density at radius 1 is 0.958 bits per heavy atom. The van der Waals surface area contributed by atoms with Gasteiger partial charge < -0.3 is 15.3 Å². The molecule has 2 aromatic carbocycles. The molecule has 0 amide bonds. The van der Waals surface area contributed by atoms with E-state index in [0.717, 1.165) is 0 Å². The lowest BCUT2D eigenvalue weighted by molar-refractivity contribution is 0.0973. The zero-order valence-corrected chi connectivity index (χ0v) is 12.8. The summed E-state index contributed by atoms with van der Waals surface area (Å²) in [7, 11) is 0. The fourth-order valence-electron chi connectivity index (χ4n) is 3.42. The Labute approximate surface area is 137 Å². The summed E-state index contributed by atoms with van der Waals surface area (Å²) in [6.45, 7) is 1.70. The second-order valence-corrected chi connectivity index (χ2v) is 6.15. The number of benzene rings is 2. The van der Waals surface area contributed by atoms with Crippen LogP contribution in [0.15, 0.2) is 29.8 Å². The van der Waals surface area contributed by atoms with Gasteiger partial charge >= 0.3 is 0 Å². The van der Waals surface area contributed by atoms with Gasteiger partial charge in [0.15, 0.2) is 11.6 Å². The van der Waals surface area contributed by atoms with Crippen molar-refractivity contribution < 1.29 is 24.9 Å². The second kappa shape index (κ2) is 4.79. The lowest BCUT2D eigenvalue weighted by Crippen LogP contribution is -2.24. The van der Waals surface area contributed by atoms with Gasteiger partial charge in [0.1, 0.15) is 11.5 Å². The van der Waals surface area contributed by atoms with E-state index < -0.39 is 17.7 Å². The minimum atomic E-state index is -0.803. The Bertz CT molecular complexity index is 968. The molecule has 5 nitrogen and oxygen atoms in total. The largest absolute Gasteiger partial charge is 0.507 e. The van der Waals surface area contributed by atoms with Crippen molar-refractivity contribution in [3.05, 3.63) is 63.2 Å². The number of carbonyl (C=O) groups excluding carboxylic acids is 2. The van der Waals surface area contributed by atoms with E-state index in [-0.39, 0.29) is 51.3 Å². The van der Waals surface area contributed by atoms with Crippen molar-refractivity contribution in [3.8, 4) is 11.5 Å². The summed E-state index contributed by atoms with van der Waals surface area (Å²) < 4.78 is 0. The van der Waals surface area contributed by atoms with Crippen molar-refractivity contribution in [1.29, 1.82) is 0 Å². The highest BCUT2D eigenvalue weighted by molar-refractivity contribution is 6.30. The van der Waals surface area contributed by atoms with Gasteiger partial charge in [0, 0.05) is 28.7 Å². The second-order valence-electron chi connectivity index (χ2n) is 6.15. The lowest BCUT2D eigenvalue weighted by Gasteiger charge is -2.26. The van der Waals surface area contributed by atoms with E-state index in [4.69, 9.17) is 0 Å². The average molecular weight is 322 g/mol. The molecule has 24 heavy (non-hydrogen) atoms. The van der Waals surface area contributed by atoms with E-state index in [1.54, 1.807) is 19.1 Å². The molecule has 0 spiro atoms. The van der Waals surface area contributed by atoms with Crippen molar-refractivity contribution in [1.82, 2.24) is 0 Å². The highest BCUT2D eigenvalue weighted by Gasteiger charge is 2.38. The Balaban J connectivity index is 2.09. The van der Waals surface area contributed by atoms with Crippen LogP contribution in [0, 0.1) is 0 Å². The van der Waals surface area contributed by atoms with Gasteiger partial charge in [-0.3, -0.25) is 9.59 Å². The van der Waals surface area contributed by atoms with Crippen LogP contribution < -0.4 is 0 Å². The number of rotatable bonds is 0. The number of fused-ring (bicyclic) bond motifs is 3. The fourth-order valence-corrected chi connectivity index (χ4v) is 3.42. The summed E-state index contributed by atoms with van der Waals surface area (Å²) >= 11 is 0. The van der Waals surface area contributed by atoms with Crippen LogP contribution in [0.4, 0.5) is 0 Å². The molecule has 0 aromatic heterocycles. The number of carbonyl (C=O) groups is 2. The van der Waals surface area contributed by atoms with E-state index >= 15 is 0 Å². The molecule has 2 aliphatic rings. The van der Waals surface area contributed by atoms with E-state index in [0.29, 0.717) is 5.57 Å². The first-order valence-electron chi connectivity index (χ1n) is 7.57. The van der Waals surface area contributed by atoms with Gasteiger partial charge in [0.25, 0.3) is 0 Å². The van der Waals surface area contributed by atoms with E-state index in [9.17, 15) is 24.9 Å². The van der Waals surface area contributed by atoms with E-state index in [1.165, 1.54) is 18.2 Å². The normalized spacial score (nSPS) is 18.6. The number of aromatic hydroxyl groups is 2. The molecule has 0 saturated carbocycles. The minimum Gasteiger partial charge on any atom is -0.507 e. The molecule has 0 fully saturated rings. The maximum Gasteiger partial charge on any atom is 0.198 e. The zero-order chi connectivity index (χ0) is 17.2. The van der Waals surface area contributed by atoms with Crippen LogP contribution in [-0.2, 0) is 6.42 Å². The van der Waals surface area contributed by atoms with Crippen LogP contribution in [0.25, 0.3) is 6.08 Å². The Kier molecular flexibility index (Phi) is 2.92. The third-order valence-corrected chi connectivity index (χ3v) is 4.76. The van der Waals surface area contributed by atoms with Crippen LogP contribution in [0.1, 0.15) is 49.9 Å². The molecule has 0 unspecified atom stereocenters. The maximum absolute atomic E-state index is 12.8. The summed E-state index contributed by atoms with van der Waals surface area (Å²) in [6, 6.07) is 6.33. The molecule has 0 bridgehead atoms. The summed E-state index contributed by atoms with van der Waals surface area (Å²) in [6.07, 6.45) is 0.812.